The van der Waals surface area contributed by atoms with E-state index >= 15 is 0 Å². The van der Waals surface area contributed by atoms with Gasteiger partial charge in [-0.2, -0.15) is 0 Å². The fourth-order valence-corrected chi connectivity index (χ4v) is 3.19. The Hall–Kier alpha value is -0.120. The summed E-state index contributed by atoms with van der Waals surface area (Å²) in [4.78, 5) is 0. The molecule has 2 fully saturated rings. The van der Waals surface area contributed by atoms with Gasteiger partial charge in [0.25, 0.3) is 0 Å². The van der Waals surface area contributed by atoms with Crippen molar-refractivity contribution in [1.82, 2.24) is 0 Å². The van der Waals surface area contributed by atoms with Crippen LogP contribution < -0.4 is 0 Å². The molecule has 0 aromatic carbocycles. The summed E-state index contributed by atoms with van der Waals surface area (Å²) >= 11 is 0. The molecule has 100 valence electrons. The van der Waals surface area contributed by atoms with E-state index in [0.29, 0.717) is 18.4 Å². The third-order valence-electron chi connectivity index (χ3n) is 4.34. The maximum absolute atomic E-state index is 10.1. The molecular formula is C14H26O3. The lowest BCUT2D eigenvalue weighted by Gasteiger charge is -2.30. The summed E-state index contributed by atoms with van der Waals surface area (Å²) < 4.78 is 5.54. The minimum atomic E-state index is -0.553. The smallest absolute Gasteiger partial charge is 0.0827 e. The van der Waals surface area contributed by atoms with Crippen molar-refractivity contribution in [1.29, 1.82) is 0 Å². The average molecular weight is 242 g/mol. The first-order chi connectivity index (χ1) is 8.27. The van der Waals surface area contributed by atoms with E-state index in [4.69, 9.17) is 4.74 Å². The normalized spacial score (nSPS) is 30.4. The fraction of sp³-hybridized carbons (Fsp3) is 1.00. The van der Waals surface area contributed by atoms with Crippen molar-refractivity contribution in [2.75, 3.05) is 6.61 Å². The van der Waals surface area contributed by atoms with Crippen LogP contribution in [0.3, 0.4) is 0 Å². The van der Waals surface area contributed by atoms with E-state index in [0.717, 1.165) is 38.7 Å². The second-order valence-electron chi connectivity index (χ2n) is 5.67. The minimum Gasteiger partial charge on any atom is -0.390 e. The number of hydrogen-bond donors (Lipinski definition) is 2. The van der Waals surface area contributed by atoms with Crippen molar-refractivity contribution in [3.63, 3.8) is 0 Å². The predicted octanol–water partition coefficient (Wildman–Crippen LogP) is 2.25. The van der Waals surface area contributed by atoms with E-state index in [2.05, 4.69) is 0 Å². The molecule has 0 aromatic rings. The van der Waals surface area contributed by atoms with Gasteiger partial charge in [-0.3, -0.25) is 0 Å². The monoisotopic (exact) mass is 242 g/mol. The van der Waals surface area contributed by atoms with Gasteiger partial charge in [0, 0.05) is 6.61 Å². The number of aliphatic hydroxyl groups excluding tert-OH is 2. The SMILES string of the molecule is OC(CCC1CCCO1)C(O)C1CCCCC1. The van der Waals surface area contributed by atoms with Crippen LogP contribution in [0.15, 0.2) is 0 Å². The predicted molar refractivity (Wildman–Crippen MR) is 66.8 cm³/mol. The van der Waals surface area contributed by atoms with Crippen LogP contribution in [-0.2, 0) is 4.74 Å². The number of ether oxygens (including phenoxy) is 1. The second-order valence-corrected chi connectivity index (χ2v) is 5.67. The van der Waals surface area contributed by atoms with E-state index in [1.165, 1.54) is 19.3 Å². The van der Waals surface area contributed by atoms with E-state index in [1.54, 1.807) is 0 Å². The van der Waals surface area contributed by atoms with Gasteiger partial charge in [0.15, 0.2) is 0 Å². The van der Waals surface area contributed by atoms with Gasteiger partial charge < -0.3 is 14.9 Å². The van der Waals surface area contributed by atoms with Crippen molar-refractivity contribution >= 4 is 0 Å². The summed E-state index contributed by atoms with van der Waals surface area (Å²) in [5, 5.41) is 20.2. The Kier molecular flexibility index (Phi) is 5.26. The molecule has 3 atom stereocenters. The molecule has 0 aromatic heterocycles. The molecule has 1 heterocycles. The molecule has 0 amide bonds. The molecule has 0 bridgehead atoms. The molecule has 2 rings (SSSR count). The lowest BCUT2D eigenvalue weighted by molar-refractivity contribution is -0.0368. The molecular weight excluding hydrogens is 216 g/mol. The number of hydrogen-bond acceptors (Lipinski definition) is 3. The van der Waals surface area contributed by atoms with Crippen LogP contribution in [-0.4, -0.2) is 35.1 Å². The lowest BCUT2D eigenvalue weighted by Crippen LogP contribution is -2.35. The van der Waals surface area contributed by atoms with Crippen LogP contribution >= 0.6 is 0 Å². The van der Waals surface area contributed by atoms with Crippen molar-refractivity contribution in [3.8, 4) is 0 Å². The average Bonchev–Trinajstić information content (AvgIpc) is 2.89. The highest BCUT2D eigenvalue weighted by Gasteiger charge is 2.28. The molecule has 2 aliphatic rings. The van der Waals surface area contributed by atoms with E-state index < -0.39 is 12.2 Å². The molecule has 3 unspecified atom stereocenters. The molecule has 3 heteroatoms. The van der Waals surface area contributed by atoms with Crippen LogP contribution in [0.4, 0.5) is 0 Å². The van der Waals surface area contributed by atoms with Crippen molar-refractivity contribution in [2.24, 2.45) is 5.92 Å². The Balaban J connectivity index is 1.68. The highest BCUT2D eigenvalue weighted by Crippen LogP contribution is 2.29. The lowest BCUT2D eigenvalue weighted by atomic mass is 9.82. The third-order valence-corrected chi connectivity index (χ3v) is 4.34. The summed E-state index contributed by atoms with van der Waals surface area (Å²) in [5.74, 6) is 0.322. The molecule has 1 aliphatic carbocycles. The zero-order valence-electron chi connectivity index (χ0n) is 10.7. The first-order valence-corrected chi connectivity index (χ1v) is 7.25. The van der Waals surface area contributed by atoms with Crippen LogP contribution in [0, 0.1) is 5.92 Å². The zero-order chi connectivity index (χ0) is 12.1. The first-order valence-electron chi connectivity index (χ1n) is 7.25. The summed E-state index contributed by atoms with van der Waals surface area (Å²) in [6.07, 6.45) is 8.96. The van der Waals surface area contributed by atoms with Crippen molar-refractivity contribution in [3.05, 3.63) is 0 Å². The van der Waals surface area contributed by atoms with Crippen molar-refractivity contribution < 1.29 is 14.9 Å². The van der Waals surface area contributed by atoms with Gasteiger partial charge in [0.05, 0.1) is 18.3 Å². The molecule has 0 spiro atoms. The molecule has 1 saturated carbocycles. The van der Waals surface area contributed by atoms with Crippen LogP contribution in [0.25, 0.3) is 0 Å². The van der Waals surface area contributed by atoms with E-state index in [-0.39, 0.29) is 0 Å². The Morgan fingerprint density at radius 3 is 2.41 bits per heavy atom. The third kappa shape index (κ3) is 3.94. The quantitative estimate of drug-likeness (QED) is 0.777. The maximum Gasteiger partial charge on any atom is 0.0827 e. The van der Waals surface area contributed by atoms with Crippen LogP contribution in [0.2, 0.25) is 0 Å². The summed E-state index contributed by atoms with van der Waals surface area (Å²) in [6, 6.07) is 0. The molecule has 1 aliphatic heterocycles. The molecule has 3 nitrogen and oxygen atoms in total. The van der Waals surface area contributed by atoms with Gasteiger partial charge >= 0.3 is 0 Å². The Morgan fingerprint density at radius 1 is 1.00 bits per heavy atom. The summed E-state index contributed by atoms with van der Waals surface area (Å²) in [5.41, 5.74) is 0. The van der Waals surface area contributed by atoms with E-state index in [1.807, 2.05) is 0 Å². The number of rotatable bonds is 5. The van der Waals surface area contributed by atoms with Gasteiger partial charge in [-0.15, -0.1) is 0 Å². The largest absolute Gasteiger partial charge is 0.390 e. The van der Waals surface area contributed by atoms with E-state index in [9.17, 15) is 10.2 Å². The second kappa shape index (κ2) is 6.72. The van der Waals surface area contributed by atoms with Gasteiger partial charge in [0.1, 0.15) is 0 Å². The Bertz CT molecular complexity index is 208. The van der Waals surface area contributed by atoms with Crippen molar-refractivity contribution in [2.45, 2.75) is 76.1 Å². The first kappa shape index (κ1) is 13.3. The van der Waals surface area contributed by atoms with Crippen LogP contribution in [0.1, 0.15) is 57.8 Å². The molecule has 1 saturated heterocycles. The molecule has 0 radical (unpaired) electrons. The fourth-order valence-electron chi connectivity index (χ4n) is 3.19. The molecule has 2 N–H and O–H groups in total. The molecule has 17 heavy (non-hydrogen) atoms. The Labute approximate surface area is 104 Å². The zero-order valence-corrected chi connectivity index (χ0v) is 10.7. The topological polar surface area (TPSA) is 49.7 Å². The van der Waals surface area contributed by atoms with Gasteiger partial charge in [0.2, 0.25) is 0 Å². The van der Waals surface area contributed by atoms with Gasteiger partial charge in [-0.05, 0) is 44.4 Å². The van der Waals surface area contributed by atoms with Crippen LogP contribution in [0.5, 0.6) is 0 Å². The summed E-state index contributed by atoms with van der Waals surface area (Å²) in [6.45, 7) is 0.867. The maximum atomic E-state index is 10.1. The standard InChI is InChI=1S/C14H26O3/c15-13(9-8-12-7-4-10-17-12)14(16)11-5-2-1-3-6-11/h11-16H,1-10H2. The van der Waals surface area contributed by atoms with Gasteiger partial charge in [-0.1, -0.05) is 19.3 Å². The minimum absolute atomic E-state index is 0.322. The highest BCUT2D eigenvalue weighted by molar-refractivity contribution is 4.79. The summed E-state index contributed by atoms with van der Waals surface area (Å²) in [7, 11) is 0. The van der Waals surface area contributed by atoms with Gasteiger partial charge in [-0.25, -0.2) is 0 Å². The Morgan fingerprint density at radius 2 is 1.76 bits per heavy atom. The highest BCUT2D eigenvalue weighted by atomic mass is 16.5. The number of aliphatic hydroxyl groups is 2.